The Morgan fingerprint density at radius 3 is 1.43 bits per heavy atom. The minimum absolute atomic E-state index is 0.00993. The summed E-state index contributed by atoms with van der Waals surface area (Å²) in [5.41, 5.74) is -0.262. The molecule has 1 aliphatic heterocycles. The molecule has 4 aliphatic rings. The molecule has 0 N–H and O–H groups in total. The molecule has 546 valence electrons. The smallest absolute Gasteiger partial charge is 0.344 e. The molecule has 4 fully saturated rings. The summed E-state index contributed by atoms with van der Waals surface area (Å²) in [6.45, 7) is 46.4. The Labute approximate surface area is 585 Å². The van der Waals surface area contributed by atoms with Gasteiger partial charge in [-0.3, -0.25) is 19.2 Å². The second-order valence-electron chi connectivity index (χ2n) is 31.7. The first-order chi connectivity index (χ1) is 45.1. The maximum atomic E-state index is 12.4. The van der Waals surface area contributed by atoms with Crippen LogP contribution in [0.15, 0.2) is 66.7 Å². The fraction of sp³-hybridized carbons (Fsp3) is 0.750. The van der Waals surface area contributed by atoms with Crippen molar-refractivity contribution in [1.82, 2.24) is 0 Å². The number of hydrogen-bond donors (Lipinski definition) is 0. The van der Waals surface area contributed by atoms with Gasteiger partial charge in [-0.1, -0.05) is 168 Å². The normalized spacial score (nSPS) is 17.9. The van der Waals surface area contributed by atoms with E-state index in [1.165, 1.54) is 75.2 Å². The van der Waals surface area contributed by atoms with Crippen molar-refractivity contribution in [3.63, 3.8) is 0 Å². The first kappa shape index (κ1) is 85.3. The molecule has 1 heterocycles. The molecule has 12 nitrogen and oxygen atoms in total. The topological polar surface area (TPSA) is 150 Å². The predicted octanol–water partition coefficient (Wildman–Crippen LogP) is 22.7. The Kier molecular flexibility index (Phi) is 35.3. The van der Waals surface area contributed by atoms with Crippen molar-refractivity contribution < 1.29 is 57.1 Å². The third-order valence-electron chi connectivity index (χ3n) is 23.1. The molecule has 12 heteroatoms. The second-order valence-corrected chi connectivity index (χ2v) is 31.7. The molecule has 0 amide bonds. The molecular weight excluding hydrogens is 1200 g/mol. The monoisotopic (exact) mass is 1340 g/mol. The van der Waals surface area contributed by atoms with Crippen molar-refractivity contribution in [2.24, 2.45) is 39.4 Å². The number of hydrogen-bond acceptors (Lipinski definition) is 12. The fourth-order valence-electron chi connectivity index (χ4n) is 13.1. The number of carbonyl (C=O) groups is 5. The summed E-state index contributed by atoms with van der Waals surface area (Å²) in [6, 6.07) is 22.2. The van der Waals surface area contributed by atoms with Gasteiger partial charge < -0.3 is 33.2 Å². The summed E-state index contributed by atoms with van der Waals surface area (Å²) < 4.78 is 40.2. The lowest BCUT2D eigenvalue weighted by molar-refractivity contribution is -0.180. The number of fused-ring (bicyclic) bond motifs is 1. The van der Waals surface area contributed by atoms with Crippen molar-refractivity contribution in [2.75, 3.05) is 19.8 Å². The van der Waals surface area contributed by atoms with E-state index in [4.69, 9.17) is 33.2 Å². The van der Waals surface area contributed by atoms with E-state index in [-0.39, 0.29) is 81.2 Å². The van der Waals surface area contributed by atoms with Gasteiger partial charge in [0.2, 0.25) is 0 Å². The standard InChI is InChI=1S/C23H30O3.C17H32O2.C16H30O2.C14H26O3.C14H20O2/c1-4-17(3)18-10-8-12-20-19(18)11-9-13-21(20)25-16-22(24)26-23(5-2)14-6-7-15-23;1-6-16(4,5)15(18)19-17(7-2,8-3)14-12-10-9-11-13-14;1-6-15(3,4)14(17)18-16(5,7-2)13-11-9-8-10-12-13;1-6-13(2,3)12(15)17-14(4,5)11-7-9-16-10-8-11;1-5-14(3,4)13(15)16-11(2)12-9-7-6-8-10-12/h8-13,17H,4-7,14-16H2,1-3H3;14H,6-13H2,1-5H3;13H,6-12H2,1-5H3;11H,6-10H2,1-5H3;6-11H,5H2,1-4H3. The van der Waals surface area contributed by atoms with Crippen LogP contribution >= 0.6 is 0 Å². The van der Waals surface area contributed by atoms with Gasteiger partial charge in [0.25, 0.3) is 0 Å². The van der Waals surface area contributed by atoms with Crippen LogP contribution in [-0.4, -0.2) is 72.1 Å². The number of carbonyl (C=O) groups excluding carboxylic acids is 5. The van der Waals surface area contributed by atoms with Crippen LogP contribution in [0.25, 0.3) is 10.8 Å². The van der Waals surface area contributed by atoms with Gasteiger partial charge in [0, 0.05) is 24.5 Å². The lowest BCUT2D eigenvalue weighted by atomic mass is 9.73. The van der Waals surface area contributed by atoms with Gasteiger partial charge in [0.05, 0.1) is 21.7 Å². The molecule has 0 radical (unpaired) electrons. The third-order valence-corrected chi connectivity index (χ3v) is 23.1. The van der Waals surface area contributed by atoms with Crippen molar-refractivity contribution in [3.8, 4) is 5.75 Å². The molecular formula is C84H138O12. The summed E-state index contributed by atoms with van der Waals surface area (Å²) >= 11 is 0. The Hall–Kier alpha value is -4.97. The number of rotatable bonds is 26. The molecule has 0 bridgehead atoms. The van der Waals surface area contributed by atoms with Gasteiger partial charge in [-0.15, -0.1) is 0 Å². The average Bonchev–Trinajstić information content (AvgIpc) is 1.03. The van der Waals surface area contributed by atoms with Crippen LogP contribution in [-0.2, 0) is 52.4 Å². The van der Waals surface area contributed by atoms with Gasteiger partial charge in [-0.2, -0.15) is 0 Å². The van der Waals surface area contributed by atoms with E-state index in [1.54, 1.807) is 0 Å². The third kappa shape index (κ3) is 25.3. The SMILES string of the molecule is CCC(C)(C)C(=O)OC(C)(C)C1CCOCC1.CCC(C)(C)C(=O)OC(C)(CC)C1CCCCC1.CCC(C)(C)C(=O)OC(C)c1ccccc1.CCC(C)(C)C(=O)OC(CC)(CC)C1CCCCC1.CCC(C)c1cccc2c(OCC(=O)OC3(CC)CCCC3)cccc12. The van der Waals surface area contributed by atoms with Gasteiger partial charge in [0.1, 0.15) is 34.3 Å². The Morgan fingerprint density at radius 1 is 0.479 bits per heavy atom. The lowest BCUT2D eigenvalue weighted by Crippen LogP contribution is -2.45. The quantitative estimate of drug-likeness (QED) is 0.0556. The van der Waals surface area contributed by atoms with E-state index in [0.29, 0.717) is 23.7 Å². The minimum Gasteiger partial charge on any atom is -0.481 e. The van der Waals surface area contributed by atoms with Gasteiger partial charge >= 0.3 is 29.8 Å². The largest absolute Gasteiger partial charge is 0.481 e. The fourth-order valence-corrected chi connectivity index (χ4v) is 13.1. The maximum absolute atomic E-state index is 12.4. The summed E-state index contributed by atoms with van der Waals surface area (Å²) in [4.78, 5) is 61.0. The van der Waals surface area contributed by atoms with Crippen molar-refractivity contribution in [1.29, 1.82) is 0 Å². The lowest BCUT2D eigenvalue weighted by Gasteiger charge is -2.42. The van der Waals surface area contributed by atoms with Crippen molar-refractivity contribution in [3.05, 3.63) is 77.9 Å². The number of ether oxygens (including phenoxy) is 7. The summed E-state index contributed by atoms with van der Waals surface area (Å²) in [7, 11) is 0. The van der Waals surface area contributed by atoms with Crippen LogP contribution in [0, 0.1) is 39.4 Å². The predicted molar refractivity (Wildman–Crippen MR) is 394 cm³/mol. The molecule has 96 heavy (non-hydrogen) atoms. The van der Waals surface area contributed by atoms with Gasteiger partial charge in [-0.05, 0) is 245 Å². The highest BCUT2D eigenvalue weighted by Gasteiger charge is 2.44. The van der Waals surface area contributed by atoms with E-state index in [9.17, 15) is 24.0 Å². The van der Waals surface area contributed by atoms with E-state index in [2.05, 4.69) is 79.7 Å². The second kappa shape index (κ2) is 39.7. The molecule has 0 aromatic heterocycles. The number of benzene rings is 3. The first-order valence-electron chi connectivity index (χ1n) is 38.0. The zero-order valence-corrected chi connectivity index (χ0v) is 64.9. The van der Waals surface area contributed by atoms with Crippen LogP contribution in [0.5, 0.6) is 5.75 Å². The van der Waals surface area contributed by atoms with Crippen LogP contribution in [0.4, 0.5) is 0 Å². The van der Waals surface area contributed by atoms with Crippen LogP contribution in [0.2, 0.25) is 0 Å². The van der Waals surface area contributed by atoms with Crippen LogP contribution in [0.3, 0.4) is 0 Å². The molecule has 3 aromatic rings. The first-order valence-corrected chi connectivity index (χ1v) is 38.0. The van der Waals surface area contributed by atoms with Crippen molar-refractivity contribution in [2.45, 2.75) is 347 Å². The van der Waals surface area contributed by atoms with Crippen LogP contribution < -0.4 is 4.74 Å². The summed E-state index contributed by atoms with van der Waals surface area (Å²) in [5.74, 6) is 2.25. The van der Waals surface area contributed by atoms with E-state index in [0.717, 1.165) is 126 Å². The molecule has 3 aromatic carbocycles. The summed E-state index contributed by atoms with van der Waals surface area (Å²) in [5, 5.41) is 2.26. The van der Waals surface area contributed by atoms with Gasteiger partial charge in [-0.25, -0.2) is 4.79 Å². The zero-order chi connectivity index (χ0) is 72.2. The highest BCUT2D eigenvalue weighted by Crippen LogP contribution is 2.43. The van der Waals surface area contributed by atoms with Crippen molar-refractivity contribution >= 4 is 40.6 Å². The highest BCUT2D eigenvalue weighted by atomic mass is 16.6. The highest BCUT2D eigenvalue weighted by molar-refractivity contribution is 5.91. The molecule has 0 spiro atoms. The molecule has 3 unspecified atom stereocenters. The van der Waals surface area contributed by atoms with E-state index < -0.39 is 5.41 Å². The molecule has 3 aliphatic carbocycles. The Balaban J connectivity index is 0.000000317. The van der Waals surface area contributed by atoms with Gasteiger partial charge in [0.15, 0.2) is 6.61 Å². The Morgan fingerprint density at radius 2 is 0.948 bits per heavy atom. The molecule has 3 saturated carbocycles. The minimum atomic E-state index is -0.400. The summed E-state index contributed by atoms with van der Waals surface area (Å²) in [6.07, 6.45) is 26.8. The average molecular weight is 1340 g/mol. The maximum Gasteiger partial charge on any atom is 0.344 e. The zero-order valence-electron chi connectivity index (χ0n) is 64.9. The van der Waals surface area contributed by atoms with E-state index in [1.807, 2.05) is 139 Å². The number of esters is 5. The molecule has 1 saturated heterocycles. The van der Waals surface area contributed by atoms with Crippen LogP contribution in [0.1, 0.15) is 336 Å². The van der Waals surface area contributed by atoms with E-state index >= 15 is 0 Å². The molecule has 3 atom stereocenters. The Bertz CT molecular complexity index is 2760. The molecule has 7 rings (SSSR count).